The molecule has 3 heteroatoms. The van der Waals surface area contributed by atoms with Crippen LogP contribution < -0.4 is 0 Å². The Bertz CT molecular complexity index is 686. The van der Waals surface area contributed by atoms with Gasteiger partial charge in [0.25, 0.3) is 0 Å². The molecular formula is C15H11Cl2N. The normalized spacial score (nSPS) is 11.0. The third-order valence-corrected chi connectivity index (χ3v) is 3.91. The van der Waals surface area contributed by atoms with Crippen LogP contribution in [0.5, 0.6) is 0 Å². The minimum Gasteiger partial charge on any atom is -0.326 e. The Labute approximate surface area is 116 Å². The van der Waals surface area contributed by atoms with Crippen molar-refractivity contribution in [3.8, 4) is 0 Å². The van der Waals surface area contributed by atoms with Gasteiger partial charge < -0.3 is 4.57 Å². The number of rotatable bonds is 2. The van der Waals surface area contributed by atoms with Crippen molar-refractivity contribution in [2.24, 2.45) is 0 Å². The molecule has 0 aliphatic carbocycles. The fraction of sp³-hybridized carbons (Fsp3) is 0.0667. The van der Waals surface area contributed by atoms with Crippen LogP contribution in [0.4, 0.5) is 0 Å². The number of halogens is 2. The van der Waals surface area contributed by atoms with Crippen LogP contribution in [0.15, 0.2) is 54.6 Å². The van der Waals surface area contributed by atoms with Crippen LogP contribution in [-0.2, 0) is 6.54 Å². The molecule has 1 nitrogen and oxygen atoms in total. The van der Waals surface area contributed by atoms with Gasteiger partial charge in [-0.25, -0.2) is 0 Å². The van der Waals surface area contributed by atoms with Crippen molar-refractivity contribution >= 4 is 34.1 Å². The lowest BCUT2D eigenvalue weighted by atomic mass is 10.2. The van der Waals surface area contributed by atoms with E-state index in [2.05, 4.69) is 12.1 Å². The highest BCUT2D eigenvalue weighted by atomic mass is 35.5. The first-order valence-corrected chi connectivity index (χ1v) is 6.49. The first-order valence-electron chi connectivity index (χ1n) is 5.73. The van der Waals surface area contributed by atoms with Gasteiger partial charge in [-0.05, 0) is 11.6 Å². The van der Waals surface area contributed by atoms with Gasteiger partial charge in [-0.15, -0.1) is 0 Å². The highest BCUT2D eigenvalue weighted by Gasteiger charge is 2.13. The van der Waals surface area contributed by atoms with E-state index in [4.69, 9.17) is 23.2 Å². The molecule has 0 aliphatic heterocycles. The van der Waals surface area contributed by atoms with Crippen molar-refractivity contribution in [2.45, 2.75) is 6.54 Å². The van der Waals surface area contributed by atoms with E-state index in [-0.39, 0.29) is 0 Å². The molecule has 1 aromatic heterocycles. The fourth-order valence-corrected chi connectivity index (χ4v) is 2.66. The van der Waals surface area contributed by atoms with E-state index in [9.17, 15) is 0 Å². The van der Waals surface area contributed by atoms with Gasteiger partial charge in [0.2, 0.25) is 0 Å². The molecule has 0 saturated carbocycles. The summed E-state index contributed by atoms with van der Waals surface area (Å²) < 4.78 is 2.04. The van der Waals surface area contributed by atoms with Crippen LogP contribution in [0.2, 0.25) is 10.2 Å². The lowest BCUT2D eigenvalue weighted by Gasteiger charge is -2.07. The van der Waals surface area contributed by atoms with Crippen molar-refractivity contribution in [1.29, 1.82) is 0 Å². The average molecular weight is 276 g/mol. The molecule has 3 rings (SSSR count). The van der Waals surface area contributed by atoms with Gasteiger partial charge in [0.1, 0.15) is 5.15 Å². The maximum Gasteiger partial charge on any atom is 0.129 e. The van der Waals surface area contributed by atoms with Crippen LogP contribution in [0.3, 0.4) is 0 Å². The van der Waals surface area contributed by atoms with E-state index in [1.54, 1.807) is 0 Å². The third kappa shape index (κ3) is 1.90. The van der Waals surface area contributed by atoms with E-state index in [0.29, 0.717) is 10.2 Å². The summed E-state index contributed by atoms with van der Waals surface area (Å²) in [6, 6.07) is 18.2. The number of benzene rings is 2. The van der Waals surface area contributed by atoms with E-state index in [1.807, 2.05) is 47.0 Å². The highest BCUT2D eigenvalue weighted by molar-refractivity contribution is 6.45. The van der Waals surface area contributed by atoms with Crippen molar-refractivity contribution in [3.05, 3.63) is 70.3 Å². The summed E-state index contributed by atoms with van der Waals surface area (Å²) in [6.07, 6.45) is 0. The number of nitrogens with zero attached hydrogens (tertiary/aromatic N) is 1. The molecule has 3 aromatic rings. The maximum atomic E-state index is 6.32. The molecule has 0 atom stereocenters. The Hall–Kier alpha value is -1.44. The molecular weight excluding hydrogens is 265 g/mol. The molecule has 0 amide bonds. The van der Waals surface area contributed by atoms with Gasteiger partial charge in [-0.1, -0.05) is 71.7 Å². The van der Waals surface area contributed by atoms with E-state index in [1.165, 1.54) is 5.56 Å². The second-order valence-corrected chi connectivity index (χ2v) is 4.93. The summed E-state index contributed by atoms with van der Waals surface area (Å²) in [6.45, 7) is 0.729. The first-order chi connectivity index (χ1) is 8.77. The standard InChI is InChI=1S/C15H11Cl2N/c16-14-12-8-4-5-9-13(12)18(15(14)17)10-11-6-2-1-3-7-11/h1-9H,10H2. The van der Waals surface area contributed by atoms with Crippen LogP contribution in [0, 0.1) is 0 Å². The second-order valence-electron chi connectivity index (χ2n) is 4.19. The fourth-order valence-electron chi connectivity index (χ4n) is 2.15. The lowest BCUT2D eigenvalue weighted by Crippen LogP contribution is -1.98. The van der Waals surface area contributed by atoms with E-state index < -0.39 is 0 Å². The van der Waals surface area contributed by atoms with E-state index >= 15 is 0 Å². The Morgan fingerprint density at radius 2 is 1.50 bits per heavy atom. The van der Waals surface area contributed by atoms with Crippen LogP contribution >= 0.6 is 23.2 Å². The summed E-state index contributed by atoms with van der Waals surface area (Å²) in [4.78, 5) is 0. The molecule has 2 aromatic carbocycles. The largest absolute Gasteiger partial charge is 0.326 e. The molecule has 90 valence electrons. The van der Waals surface area contributed by atoms with Crippen molar-refractivity contribution in [3.63, 3.8) is 0 Å². The summed E-state index contributed by atoms with van der Waals surface area (Å²) in [5.41, 5.74) is 2.27. The van der Waals surface area contributed by atoms with Crippen molar-refractivity contribution < 1.29 is 0 Å². The molecule has 0 saturated heterocycles. The molecule has 0 unspecified atom stereocenters. The van der Waals surface area contributed by atoms with Gasteiger partial charge in [-0.3, -0.25) is 0 Å². The molecule has 1 heterocycles. The Balaban J connectivity index is 2.15. The van der Waals surface area contributed by atoms with Gasteiger partial charge in [0, 0.05) is 11.9 Å². The zero-order chi connectivity index (χ0) is 12.5. The number of hydrogen-bond acceptors (Lipinski definition) is 0. The predicted octanol–water partition coefficient (Wildman–Crippen LogP) is 5.00. The molecule has 0 radical (unpaired) electrons. The highest BCUT2D eigenvalue weighted by Crippen LogP contribution is 2.34. The number of para-hydroxylation sites is 1. The average Bonchev–Trinajstić information content (AvgIpc) is 2.66. The molecule has 0 bridgehead atoms. The van der Waals surface area contributed by atoms with Crippen molar-refractivity contribution in [2.75, 3.05) is 0 Å². The molecule has 0 N–H and O–H groups in total. The summed E-state index contributed by atoms with van der Waals surface area (Å²) >= 11 is 12.6. The molecule has 0 spiro atoms. The minimum absolute atomic E-state index is 0.599. The third-order valence-electron chi connectivity index (χ3n) is 3.03. The topological polar surface area (TPSA) is 4.93 Å². The number of fused-ring (bicyclic) bond motifs is 1. The summed E-state index contributed by atoms with van der Waals surface area (Å²) in [5.74, 6) is 0. The minimum atomic E-state index is 0.599. The summed E-state index contributed by atoms with van der Waals surface area (Å²) in [5, 5.41) is 2.23. The Kier molecular flexibility index (Phi) is 3.02. The smallest absolute Gasteiger partial charge is 0.129 e. The van der Waals surface area contributed by atoms with Gasteiger partial charge >= 0.3 is 0 Å². The van der Waals surface area contributed by atoms with Gasteiger partial charge in [0.15, 0.2) is 0 Å². The Morgan fingerprint density at radius 1 is 0.833 bits per heavy atom. The SMILES string of the molecule is Clc1c(Cl)n(Cc2ccccc2)c2ccccc12. The van der Waals surface area contributed by atoms with Crippen LogP contribution in [0.25, 0.3) is 10.9 Å². The van der Waals surface area contributed by atoms with E-state index in [0.717, 1.165) is 17.4 Å². The summed E-state index contributed by atoms with van der Waals surface area (Å²) in [7, 11) is 0. The zero-order valence-corrected chi connectivity index (χ0v) is 11.1. The first kappa shape index (κ1) is 11.6. The second kappa shape index (κ2) is 4.68. The van der Waals surface area contributed by atoms with Gasteiger partial charge in [-0.2, -0.15) is 0 Å². The maximum absolute atomic E-state index is 6.32. The molecule has 18 heavy (non-hydrogen) atoms. The lowest BCUT2D eigenvalue weighted by molar-refractivity contribution is 0.838. The molecule has 0 aliphatic rings. The van der Waals surface area contributed by atoms with Crippen molar-refractivity contribution in [1.82, 2.24) is 4.57 Å². The van der Waals surface area contributed by atoms with Gasteiger partial charge in [0.05, 0.1) is 10.5 Å². The van der Waals surface area contributed by atoms with Crippen LogP contribution in [-0.4, -0.2) is 4.57 Å². The Morgan fingerprint density at radius 3 is 2.28 bits per heavy atom. The molecule has 0 fully saturated rings. The number of hydrogen-bond donors (Lipinski definition) is 0. The van der Waals surface area contributed by atoms with Crippen LogP contribution in [0.1, 0.15) is 5.56 Å². The quantitative estimate of drug-likeness (QED) is 0.621. The zero-order valence-electron chi connectivity index (χ0n) is 9.61. The predicted molar refractivity (Wildman–Crippen MR) is 77.5 cm³/mol. The monoisotopic (exact) mass is 275 g/mol. The number of aromatic nitrogens is 1.